The second-order valence-corrected chi connectivity index (χ2v) is 3.22. The van der Waals surface area contributed by atoms with Gasteiger partial charge in [-0.15, -0.1) is 0 Å². The zero-order valence-electron chi connectivity index (χ0n) is 7.82. The maximum Gasteiger partial charge on any atom is 0.122 e. The monoisotopic (exact) mass is 195 g/mol. The summed E-state index contributed by atoms with van der Waals surface area (Å²) in [5.74, 6) is 0. The number of hydrogen-bond donors (Lipinski definition) is 1. The van der Waals surface area contributed by atoms with Crippen LogP contribution >= 0.6 is 12.2 Å². The number of thiocarbonyl (C=S) groups is 1. The van der Waals surface area contributed by atoms with Crippen LogP contribution in [0.1, 0.15) is 12.6 Å². The van der Waals surface area contributed by atoms with Crippen LogP contribution in [0.5, 0.6) is 0 Å². The van der Waals surface area contributed by atoms with Crippen LogP contribution in [-0.4, -0.2) is 23.6 Å². The first-order valence-corrected chi connectivity index (χ1v) is 4.53. The van der Waals surface area contributed by atoms with Crippen LogP contribution in [0.15, 0.2) is 18.3 Å². The van der Waals surface area contributed by atoms with E-state index in [1.807, 2.05) is 19.2 Å². The molecule has 0 aliphatic carbocycles. The number of rotatable bonds is 3. The third-order valence-electron chi connectivity index (χ3n) is 1.91. The smallest absolute Gasteiger partial charge is 0.122 e. The van der Waals surface area contributed by atoms with E-state index in [0.717, 1.165) is 12.2 Å². The Hall–Kier alpha value is -1.16. The Morgan fingerprint density at radius 1 is 1.69 bits per heavy atom. The summed E-state index contributed by atoms with van der Waals surface area (Å²) in [6, 6.07) is 3.83. The first kappa shape index (κ1) is 9.92. The maximum absolute atomic E-state index is 5.47. The molecule has 1 aromatic rings. The molecule has 0 aromatic carbocycles. The Balaban J connectivity index is 2.98. The summed E-state index contributed by atoms with van der Waals surface area (Å²) in [6.07, 6.45) is 1.72. The molecule has 13 heavy (non-hydrogen) atoms. The van der Waals surface area contributed by atoms with Crippen LogP contribution in [0.25, 0.3) is 0 Å². The van der Waals surface area contributed by atoms with E-state index in [9.17, 15) is 0 Å². The Morgan fingerprint density at radius 2 is 2.38 bits per heavy atom. The molecule has 0 saturated carbocycles. The fourth-order valence-electron chi connectivity index (χ4n) is 0.974. The van der Waals surface area contributed by atoms with Gasteiger partial charge in [-0.05, 0) is 19.1 Å². The quantitative estimate of drug-likeness (QED) is 0.735. The van der Waals surface area contributed by atoms with Gasteiger partial charge in [0.1, 0.15) is 4.99 Å². The number of anilines is 1. The number of nitrogens with two attached hydrogens (primary N) is 1. The molecule has 4 heteroatoms. The van der Waals surface area contributed by atoms with Crippen molar-refractivity contribution in [3.63, 3.8) is 0 Å². The molecule has 0 aliphatic rings. The highest BCUT2D eigenvalue weighted by molar-refractivity contribution is 7.80. The van der Waals surface area contributed by atoms with E-state index in [-0.39, 0.29) is 0 Å². The van der Waals surface area contributed by atoms with Gasteiger partial charge in [0.2, 0.25) is 0 Å². The highest BCUT2D eigenvalue weighted by Gasteiger charge is 2.01. The molecular weight excluding hydrogens is 182 g/mol. The van der Waals surface area contributed by atoms with Crippen LogP contribution < -0.4 is 10.6 Å². The molecule has 0 saturated heterocycles. The molecule has 0 atom stereocenters. The summed E-state index contributed by atoms with van der Waals surface area (Å²) in [4.78, 5) is 6.50. The predicted octanol–water partition coefficient (Wildman–Crippen LogP) is 1.17. The minimum absolute atomic E-state index is 0.339. The SMILES string of the molecule is CCN(C)c1ccnc(C(N)=S)c1. The molecule has 1 aromatic heterocycles. The van der Waals surface area contributed by atoms with Crippen molar-refractivity contribution in [2.24, 2.45) is 5.73 Å². The topological polar surface area (TPSA) is 42.2 Å². The molecule has 2 N–H and O–H groups in total. The number of aromatic nitrogens is 1. The first-order chi connectivity index (χ1) is 6.15. The van der Waals surface area contributed by atoms with Gasteiger partial charge >= 0.3 is 0 Å². The molecule has 70 valence electrons. The van der Waals surface area contributed by atoms with Crippen LogP contribution in [-0.2, 0) is 0 Å². The molecule has 0 amide bonds. The third-order valence-corrected chi connectivity index (χ3v) is 2.12. The standard InChI is InChI=1S/C9H13N3S/c1-3-12(2)7-4-5-11-8(6-7)9(10)13/h4-6H,3H2,1-2H3,(H2,10,13). The summed E-state index contributed by atoms with van der Waals surface area (Å²) < 4.78 is 0. The van der Waals surface area contributed by atoms with Crippen molar-refractivity contribution in [3.8, 4) is 0 Å². The highest BCUT2D eigenvalue weighted by Crippen LogP contribution is 2.11. The van der Waals surface area contributed by atoms with E-state index in [1.165, 1.54) is 0 Å². The van der Waals surface area contributed by atoms with Gasteiger partial charge in [-0.25, -0.2) is 0 Å². The predicted molar refractivity (Wildman–Crippen MR) is 59.1 cm³/mol. The molecule has 3 nitrogen and oxygen atoms in total. The second-order valence-electron chi connectivity index (χ2n) is 2.78. The van der Waals surface area contributed by atoms with E-state index >= 15 is 0 Å². The Morgan fingerprint density at radius 3 is 2.92 bits per heavy atom. The molecular formula is C9H13N3S. The molecule has 0 spiro atoms. The Labute approximate surface area is 83.6 Å². The van der Waals surface area contributed by atoms with Gasteiger partial charge in [0, 0.05) is 25.5 Å². The minimum atomic E-state index is 0.339. The normalized spacial score (nSPS) is 9.69. The molecule has 0 fully saturated rings. The fourth-order valence-corrected chi connectivity index (χ4v) is 1.09. The van der Waals surface area contributed by atoms with Crippen molar-refractivity contribution >= 4 is 22.9 Å². The van der Waals surface area contributed by atoms with Gasteiger partial charge in [-0.2, -0.15) is 0 Å². The zero-order valence-corrected chi connectivity index (χ0v) is 8.64. The van der Waals surface area contributed by atoms with Crippen molar-refractivity contribution in [1.29, 1.82) is 0 Å². The molecule has 1 heterocycles. The van der Waals surface area contributed by atoms with Crippen LogP contribution in [0, 0.1) is 0 Å². The van der Waals surface area contributed by atoms with Crippen molar-refractivity contribution in [2.75, 3.05) is 18.5 Å². The van der Waals surface area contributed by atoms with Crippen molar-refractivity contribution in [3.05, 3.63) is 24.0 Å². The lowest BCUT2D eigenvalue weighted by Crippen LogP contribution is -2.18. The highest BCUT2D eigenvalue weighted by atomic mass is 32.1. The van der Waals surface area contributed by atoms with Crippen molar-refractivity contribution in [2.45, 2.75) is 6.92 Å². The minimum Gasteiger partial charge on any atom is -0.388 e. The van der Waals surface area contributed by atoms with E-state index in [0.29, 0.717) is 10.7 Å². The van der Waals surface area contributed by atoms with Gasteiger partial charge in [0.25, 0.3) is 0 Å². The lowest BCUT2D eigenvalue weighted by Gasteiger charge is -2.16. The molecule has 0 radical (unpaired) electrons. The third kappa shape index (κ3) is 2.39. The number of pyridine rings is 1. The van der Waals surface area contributed by atoms with Crippen LogP contribution in [0.3, 0.4) is 0 Å². The van der Waals surface area contributed by atoms with Gasteiger partial charge in [-0.1, -0.05) is 12.2 Å². The van der Waals surface area contributed by atoms with E-state index < -0.39 is 0 Å². The molecule has 0 bridgehead atoms. The average molecular weight is 195 g/mol. The van der Waals surface area contributed by atoms with Crippen molar-refractivity contribution < 1.29 is 0 Å². The average Bonchev–Trinajstić information content (AvgIpc) is 2.17. The lowest BCUT2D eigenvalue weighted by molar-refractivity contribution is 0.964. The van der Waals surface area contributed by atoms with E-state index in [2.05, 4.69) is 16.8 Å². The maximum atomic E-state index is 5.47. The summed E-state index contributed by atoms with van der Waals surface area (Å²) in [5.41, 5.74) is 7.23. The van der Waals surface area contributed by atoms with Crippen LogP contribution in [0.4, 0.5) is 5.69 Å². The summed E-state index contributed by atoms with van der Waals surface area (Å²) in [6.45, 7) is 3.03. The molecule has 0 unspecified atom stereocenters. The van der Waals surface area contributed by atoms with Crippen LogP contribution in [0.2, 0.25) is 0 Å². The zero-order chi connectivity index (χ0) is 9.84. The summed E-state index contributed by atoms with van der Waals surface area (Å²) in [7, 11) is 2.01. The summed E-state index contributed by atoms with van der Waals surface area (Å²) in [5, 5.41) is 0. The lowest BCUT2D eigenvalue weighted by atomic mass is 10.3. The largest absolute Gasteiger partial charge is 0.388 e. The van der Waals surface area contributed by atoms with E-state index in [4.69, 9.17) is 18.0 Å². The van der Waals surface area contributed by atoms with Gasteiger partial charge in [0.15, 0.2) is 0 Å². The Kier molecular flexibility index (Phi) is 3.19. The first-order valence-electron chi connectivity index (χ1n) is 4.12. The second kappa shape index (κ2) is 4.18. The molecule has 1 rings (SSSR count). The Bertz CT molecular complexity index is 311. The van der Waals surface area contributed by atoms with Gasteiger partial charge < -0.3 is 10.6 Å². The van der Waals surface area contributed by atoms with Gasteiger partial charge in [0.05, 0.1) is 5.69 Å². The number of nitrogens with zero attached hydrogens (tertiary/aromatic N) is 2. The van der Waals surface area contributed by atoms with Crippen molar-refractivity contribution in [1.82, 2.24) is 4.98 Å². The van der Waals surface area contributed by atoms with E-state index in [1.54, 1.807) is 6.20 Å². The summed E-state index contributed by atoms with van der Waals surface area (Å²) >= 11 is 4.84. The fraction of sp³-hybridized carbons (Fsp3) is 0.333. The number of hydrogen-bond acceptors (Lipinski definition) is 3. The van der Waals surface area contributed by atoms with Gasteiger partial charge in [-0.3, -0.25) is 4.98 Å². The molecule has 0 aliphatic heterocycles.